The van der Waals surface area contributed by atoms with Gasteiger partial charge in [0.25, 0.3) is 0 Å². The van der Waals surface area contributed by atoms with Crippen molar-refractivity contribution < 1.29 is 5.11 Å². The minimum absolute atomic E-state index is 0.145. The molecule has 0 aliphatic heterocycles. The molecule has 2 N–H and O–H groups in total. The molecule has 0 saturated heterocycles. The molecule has 1 aromatic heterocycles. The lowest BCUT2D eigenvalue weighted by Gasteiger charge is -2.33. The molecular weight excluding hydrogens is 214 g/mol. The largest absolute Gasteiger partial charge is 0.394 e. The van der Waals surface area contributed by atoms with Gasteiger partial charge in [0.1, 0.15) is 5.82 Å². The number of hydrogen-bond donors (Lipinski definition) is 2. The first-order valence-corrected chi connectivity index (χ1v) is 6.00. The van der Waals surface area contributed by atoms with E-state index in [-0.39, 0.29) is 12.1 Å². The quantitative estimate of drug-likeness (QED) is 0.791. The third-order valence-corrected chi connectivity index (χ3v) is 3.02. The molecule has 0 aliphatic carbocycles. The van der Waals surface area contributed by atoms with Crippen molar-refractivity contribution >= 4 is 5.82 Å². The van der Waals surface area contributed by atoms with Gasteiger partial charge in [0.15, 0.2) is 0 Å². The average molecular weight is 237 g/mol. The fraction of sp³-hybridized carbons (Fsp3) is 0.615. The van der Waals surface area contributed by atoms with Crippen LogP contribution in [0.4, 0.5) is 5.82 Å². The highest BCUT2D eigenvalue weighted by molar-refractivity contribution is 5.35. The molecule has 0 bridgehead atoms. The lowest BCUT2D eigenvalue weighted by atomic mass is 10.0. The number of pyridine rings is 1. The summed E-state index contributed by atoms with van der Waals surface area (Å²) in [6.07, 6.45) is 1.88. The molecular formula is C13H23N3O. The van der Waals surface area contributed by atoms with E-state index in [1.54, 1.807) is 0 Å². The van der Waals surface area contributed by atoms with E-state index in [2.05, 4.69) is 21.3 Å². The number of anilines is 1. The smallest absolute Gasteiger partial charge is 0.125 e. The van der Waals surface area contributed by atoms with Gasteiger partial charge in [-0.3, -0.25) is 4.90 Å². The Morgan fingerprint density at radius 3 is 2.59 bits per heavy atom. The molecule has 0 aliphatic rings. The Bertz CT molecular complexity index is 335. The zero-order valence-corrected chi connectivity index (χ0v) is 11.2. The zero-order chi connectivity index (χ0) is 12.9. The van der Waals surface area contributed by atoms with Crippen LogP contribution in [-0.4, -0.2) is 40.7 Å². The number of aliphatic hydroxyl groups is 1. The average Bonchev–Trinajstić information content (AvgIpc) is 2.32. The van der Waals surface area contributed by atoms with E-state index in [0.717, 1.165) is 24.5 Å². The first-order chi connectivity index (χ1) is 7.99. The molecule has 4 nitrogen and oxygen atoms in total. The summed E-state index contributed by atoms with van der Waals surface area (Å²) in [7, 11) is 2.01. The second-order valence-electron chi connectivity index (χ2n) is 4.91. The van der Waals surface area contributed by atoms with Crippen LogP contribution in [0.15, 0.2) is 18.3 Å². The number of aromatic nitrogens is 1. The first-order valence-electron chi connectivity index (χ1n) is 6.00. The van der Waals surface area contributed by atoms with Crippen molar-refractivity contribution in [2.75, 3.05) is 25.5 Å². The maximum atomic E-state index is 9.29. The Morgan fingerprint density at radius 1 is 1.41 bits per heavy atom. The lowest BCUT2D eigenvalue weighted by Crippen LogP contribution is -2.43. The highest BCUT2D eigenvalue weighted by atomic mass is 16.3. The predicted octanol–water partition coefficient (Wildman–Crippen LogP) is 1.72. The van der Waals surface area contributed by atoms with Crippen LogP contribution in [0.25, 0.3) is 0 Å². The number of nitrogens with one attached hydrogen (secondary N) is 1. The Hall–Kier alpha value is -1.13. The van der Waals surface area contributed by atoms with Crippen LogP contribution >= 0.6 is 0 Å². The third kappa shape index (κ3) is 3.98. The van der Waals surface area contributed by atoms with Crippen LogP contribution in [0.5, 0.6) is 0 Å². The molecule has 1 heterocycles. The summed E-state index contributed by atoms with van der Waals surface area (Å²) < 4.78 is 0. The highest BCUT2D eigenvalue weighted by Crippen LogP contribution is 2.15. The third-order valence-electron chi connectivity index (χ3n) is 3.02. The fourth-order valence-electron chi connectivity index (χ4n) is 1.41. The summed E-state index contributed by atoms with van der Waals surface area (Å²) in [6, 6.07) is 4.05. The predicted molar refractivity (Wildman–Crippen MR) is 71.0 cm³/mol. The van der Waals surface area contributed by atoms with Gasteiger partial charge in [-0.25, -0.2) is 4.98 Å². The standard InChI is InChI=1S/C13H23N3O/c1-5-14-12-7-6-11(8-15-12)9-16(4)13(2,3)10-17/h6-8,17H,5,9-10H2,1-4H3,(H,14,15). The van der Waals surface area contributed by atoms with E-state index in [4.69, 9.17) is 0 Å². The Morgan fingerprint density at radius 2 is 2.12 bits per heavy atom. The zero-order valence-electron chi connectivity index (χ0n) is 11.2. The van der Waals surface area contributed by atoms with Crippen LogP contribution in [-0.2, 0) is 6.54 Å². The van der Waals surface area contributed by atoms with Crippen LogP contribution in [0.2, 0.25) is 0 Å². The van der Waals surface area contributed by atoms with Crippen LogP contribution in [0.1, 0.15) is 26.3 Å². The molecule has 0 unspecified atom stereocenters. The topological polar surface area (TPSA) is 48.4 Å². The molecule has 0 fully saturated rings. The van der Waals surface area contributed by atoms with E-state index in [1.807, 2.05) is 40.1 Å². The Balaban J connectivity index is 2.63. The van der Waals surface area contributed by atoms with Crippen molar-refractivity contribution in [3.05, 3.63) is 23.9 Å². The number of hydrogen-bond acceptors (Lipinski definition) is 4. The summed E-state index contributed by atoms with van der Waals surface area (Å²) in [5.41, 5.74) is 0.941. The van der Waals surface area contributed by atoms with Crippen molar-refractivity contribution in [3.8, 4) is 0 Å². The fourth-order valence-corrected chi connectivity index (χ4v) is 1.41. The van der Waals surface area contributed by atoms with E-state index in [1.165, 1.54) is 0 Å². The van der Waals surface area contributed by atoms with E-state index < -0.39 is 0 Å². The Labute approximate surface area is 104 Å². The molecule has 0 aromatic carbocycles. The summed E-state index contributed by atoms with van der Waals surface area (Å²) >= 11 is 0. The molecule has 0 amide bonds. The van der Waals surface area contributed by atoms with Crippen LogP contribution < -0.4 is 5.32 Å². The molecule has 0 saturated carbocycles. The molecule has 1 rings (SSSR count). The molecule has 17 heavy (non-hydrogen) atoms. The number of nitrogens with zero attached hydrogens (tertiary/aromatic N) is 2. The summed E-state index contributed by atoms with van der Waals surface area (Å²) in [4.78, 5) is 6.45. The summed E-state index contributed by atoms with van der Waals surface area (Å²) in [5.74, 6) is 0.903. The lowest BCUT2D eigenvalue weighted by molar-refractivity contribution is 0.0733. The van der Waals surface area contributed by atoms with Gasteiger partial charge in [-0.15, -0.1) is 0 Å². The second kappa shape index (κ2) is 5.98. The maximum Gasteiger partial charge on any atom is 0.125 e. The SMILES string of the molecule is CCNc1ccc(CN(C)C(C)(C)CO)cn1. The normalized spacial score (nSPS) is 11.9. The monoisotopic (exact) mass is 237 g/mol. The molecule has 0 atom stereocenters. The number of aliphatic hydroxyl groups excluding tert-OH is 1. The minimum Gasteiger partial charge on any atom is -0.394 e. The number of rotatable bonds is 6. The van der Waals surface area contributed by atoms with Gasteiger partial charge in [0, 0.05) is 24.8 Å². The minimum atomic E-state index is -0.208. The van der Waals surface area contributed by atoms with Crippen molar-refractivity contribution in [2.24, 2.45) is 0 Å². The van der Waals surface area contributed by atoms with Gasteiger partial charge < -0.3 is 10.4 Å². The van der Waals surface area contributed by atoms with Gasteiger partial charge in [0.2, 0.25) is 0 Å². The van der Waals surface area contributed by atoms with Crippen molar-refractivity contribution in [1.29, 1.82) is 0 Å². The van der Waals surface area contributed by atoms with Gasteiger partial charge in [-0.2, -0.15) is 0 Å². The van der Waals surface area contributed by atoms with Gasteiger partial charge in [-0.1, -0.05) is 6.07 Å². The van der Waals surface area contributed by atoms with Crippen LogP contribution in [0, 0.1) is 0 Å². The molecule has 0 spiro atoms. The second-order valence-corrected chi connectivity index (χ2v) is 4.91. The Kier molecular flexibility index (Phi) is 4.90. The van der Waals surface area contributed by atoms with E-state index in [0.29, 0.717) is 0 Å². The molecule has 1 aromatic rings. The van der Waals surface area contributed by atoms with Crippen molar-refractivity contribution in [2.45, 2.75) is 32.9 Å². The summed E-state index contributed by atoms with van der Waals surface area (Å²) in [6.45, 7) is 7.90. The van der Waals surface area contributed by atoms with Crippen molar-refractivity contribution in [3.63, 3.8) is 0 Å². The van der Waals surface area contributed by atoms with E-state index in [9.17, 15) is 5.11 Å². The van der Waals surface area contributed by atoms with Gasteiger partial charge >= 0.3 is 0 Å². The van der Waals surface area contributed by atoms with Crippen LogP contribution in [0.3, 0.4) is 0 Å². The highest BCUT2D eigenvalue weighted by Gasteiger charge is 2.22. The molecule has 96 valence electrons. The van der Waals surface area contributed by atoms with Gasteiger partial charge in [-0.05, 0) is 39.4 Å². The maximum absolute atomic E-state index is 9.29. The molecule has 4 heteroatoms. The van der Waals surface area contributed by atoms with Gasteiger partial charge in [0.05, 0.1) is 6.61 Å². The number of likely N-dealkylation sites (N-methyl/N-ethyl adjacent to an activating group) is 1. The molecule has 0 radical (unpaired) electrons. The van der Waals surface area contributed by atoms with E-state index >= 15 is 0 Å². The van der Waals surface area contributed by atoms with Crippen molar-refractivity contribution in [1.82, 2.24) is 9.88 Å². The summed E-state index contributed by atoms with van der Waals surface area (Å²) in [5, 5.41) is 12.5. The first kappa shape index (κ1) is 13.9.